The Bertz CT molecular complexity index is 954. The van der Waals surface area contributed by atoms with Gasteiger partial charge in [-0.2, -0.15) is 0 Å². The molecule has 5 rings (SSSR count). The Morgan fingerprint density at radius 2 is 1.39 bits per heavy atom. The summed E-state index contributed by atoms with van der Waals surface area (Å²) in [5.74, 6) is -0.503. The summed E-state index contributed by atoms with van der Waals surface area (Å²) in [5.41, 5.74) is 0.952. The smallest absolute Gasteiger partial charge is 0.443 e. The number of ether oxygens (including phenoxy) is 3. The van der Waals surface area contributed by atoms with Crippen molar-refractivity contribution in [2.45, 2.75) is 109 Å². The monoisotopic (exact) mass is 499 g/mol. The van der Waals surface area contributed by atoms with Gasteiger partial charge in [-0.3, -0.25) is 0 Å². The van der Waals surface area contributed by atoms with Crippen molar-refractivity contribution >= 4 is 18.7 Å². The third kappa shape index (κ3) is 4.70. The molecule has 0 N–H and O–H groups in total. The van der Waals surface area contributed by atoms with Gasteiger partial charge in [-0.15, -0.1) is 0 Å². The molecule has 4 fully saturated rings. The fourth-order valence-electron chi connectivity index (χ4n) is 5.62. The summed E-state index contributed by atoms with van der Waals surface area (Å²) < 4.78 is 30.8. The summed E-state index contributed by atoms with van der Waals surface area (Å²) in [4.78, 5) is 15.0. The zero-order valence-corrected chi connectivity index (χ0v) is 23.0. The molecule has 0 unspecified atom stereocenters. The van der Waals surface area contributed by atoms with Crippen LogP contribution in [0.1, 0.15) is 92.2 Å². The number of nitrogens with zero attached hydrogens (tertiary/aromatic N) is 1. The molecule has 36 heavy (non-hydrogen) atoms. The highest BCUT2D eigenvalue weighted by molar-refractivity contribution is 6.62. The van der Waals surface area contributed by atoms with E-state index in [1.807, 2.05) is 17.0 Å². The molecule has 1 aromatic rings. The molecule has 4 aliphatic rings. The van der Waals surface area contributed by atoms with Gasteiger partial charge >= 0.3 is 13.2 Å². The number of hydrogen-bond acceptors (Lipinski definition) is 6. The maximum Gasteiger partial charge on any atom is 0.494 e. The minimum absolute atomic E-state index is 0.0524. The van der Waals surface area contributed by atoms with Crippen molar-refractivity contribution in [3.63, 3.8) is 0 Å². The Hall–Kier alpha value is -1.61. The van der Waals surface area contributed by atoms with E-state index in [0.717, 1.165) is 43.1 Å². The molecule has 1 amide bonds. The Morgan fingerprint density at radius 1 is 0.833 bits per heavy atom. The van der Waals surface area contributed by atoms with Gasteiger partial charge < -0.3 is 28.4 Å². The Morgan fingerprint density at radius 3 is 1.92 bits per heavy atom. The normalized spacial score (nSPS) is 28.8. The topological polar surface area (TPSA) is 66.5 Å². The molecule has 0 aromatic heterocycles. The molecule has 3 aliphatic heterocycles. The quantitative estimate of drug-likeness (QED) is 0.547. The summed E-state index contributed by atoms with van der Waals surface area (Å²) in [6.45, 7) is 16.7. The van der Waals surface area contributed by atoms with E-state index in [1.165, 1.54) is 0 Å². The van der Waals surface area contributed by atoms with Gasteiger partial charge in [-0.25, -0.2) is 4.79 Å². The van der Waals surface area contributed by atoms with Gasteiger partial charge in [0.05, 0.1) is 30.5 Å². The van der Waals surface area contributed by atoms with Crippen LogP contribution in [0.2, 0.25) is 0 Å². The molecule has 1 atom stereocenters. The van der Waals surface area contributed by atoms with E-state index in [1.54, 1.807) is 0 Å². The molecule has 3 saturated heterocycles. The molecule has 1 aliphatic carbocycles. The van der Waals surface area contributed by atoms with Crippen molar-refractivity contribution in [3.05, 3.63) is 29.8 Å². The Kier molecular flexibility index (Phi) is 6.30. The lowest BCUT2D eigenvalue weighted by molar-refractivity contribution is -0.320. The van der Waals surface area contributed by atoms with Crippen molar-refractivity contribution in [1.29, 1.82) is 0 Å². The zero-order chi connectivity index (χ0) is 26.0. The third-order valence-corrected chi connectivity index (χ3v) is 9.13. The van der Waals surface area contributed by atoms with Crippen LogP contribution in [0.5, 0.6) is 0 Å². The maximum absolute atomic E-state index is 13.2. The second-order valence-corrected chi connectivity index (χ2v) is 13.1. The average Bonchev–Trinajstić information content (AvgIpc) is 3.05. The predicted molar refractivity (Wildman–Crippen MR) is 138 cm³/mol. The van der Waals surface area contributed by atoms with E-state index in [-0.39, 0.29) is 28.8 Å². The van der Waals surface area contributed by atoms with Crippen LogP contribution in [0.25, 0.3) is 0 Å². The predicted octanol–water partition coefficient (Wildman–Crippen LogP) is 4.97. The minimum atomic E-state index is -0.503. The first-order valence-electron chi connectivity index (χ1n) is 13.5. The number of amides is 1. The van der Waals surface area contributed by atoms with Gasteiger partial charge in [0.2, 0.25) is 0 Å². The fourth-order valence-corrected chi connectivity index (χ4v) is 5.62. The first-order chi connectivity index (χ1) is 16.7. The van der Waals surface area contributed by atoms with Gasteiger partial charge in [0.1, 0.15) is 5.60 Å². The van der Waals surface area contributed by atoms with Gasteiger partial charge in [0.25, 0.3) is 0 Å². The van der Waals surface area contributed by atoms with E-state index >= 15 is 0 Å². The standard InChI is InChI=1S/C28H42BNO6/c1-20(21-8-10-22(11-9-21)29-35-25(4,5)26(6,7)36-29)30-17-16-27(34-23(30)31)12-14-28(15-13-27)32-18-24(2,3)19-33-28/h8-11,20H,12-19H2,1-7H3/t20-/m0/s1. The summed E-state index contributed by atoms with van der Waals surface area (Å²) in [6, 6.07) is 8.12. The van der Waals surface area contributed by atoms with E-state index in [9.17, 15) is 4.79 Å². The van der Waals surface area contributed by atoms with E-state index in [0.29, 0.717) is 19.8 Å². The van der Waals surface area contributed by atoms with Gasteiger partial charge in [-0.1, -0.05) is 38.1 Å². The number of carbonyl (C=O) groups is 1. The summed E-state index contributed by atoms with van der Waals surface area (Å²) in [7, 11) is -0.392. The Balaban J connectivity index is 1.18. The lowest BCUT2D eigenvalue weighted by Gasteiger charge is -2.51. The Labute approximate surface area is 216 Å². The second kappa shape index (κ2) is 8.72. The first-order valence-corrected chi connectivity index (χ1v) is 13.5. The molecule has 2 spiro atoms. The minimum Gasteiger partial charge on any atom is -0.443 e. The van der Waals surface area contributed by atoms with Crippen LogP contribution in [-0.2, 0) is 23.5 Å². The average molecular weight is 499 g/mol. The molecular weight excluding hydrogens is 457 g/mol. The molecule has 1 saturated carbocycles. The van der Waals surface area contributed by atoms with Crippen molar-refractivity contribution in [2.75, 3.05) is 19.8 Å². The van der Waals surface area contributed by atoms with E-state index < -0.39 is 18.5 Å². The zero-order valence-electron chi connectivity index (χ0n) is 23.0. The second-order valence-electron chi connectivity index (χ2n) is 13.1. The molecule has 7 nitrogen and oxygen atoms in total. The molecule has 1 aromatic carbocycles. The lowest BCUT2D eigenvalue weighted by atomic mass is 9.77. The molecule has 8 heteroatoms. The number of hydrogen-bond donors (Lipinski definition) is 0. The van der Waals surface area contributed by atoms with Crippen molar-refractivity contribution in [2.24, 2.45) is 5.41 Å². The summed E-state index contributed by atoms with van der Waals surface area (Å²) >= 11 is 0. The van der Waals surface area contributed by atoms with Crippen molar-refractivity contribution in [3.8, 4) is 0 Å². The highest BCUT2D eigenvalue weighted by Gasteiger charge is 2.53. The highest BCUT2D eigenvalue weighted by Crippen LogP contribution is 2.47. The van der Waals surface area contributed by atoms with Crippen LogP contribution >= 0.6 is 0 Å². The van der Waals surface area contributed by atoms with E-state index in [4.69, 9.17) is 23.5 Å². The van der Waals surface area contributed by atoms with Gasteiger partial charge in [0.15, 0.2) is 5.79 Å². The van der Waals surface area contributed by atoms with Crippen LogP contribution in [0, 0.1) is 5.41 Å². The van der Waals surface area contributed by atoms with Gasteiger partial charge in [-0.05, 0) is 58.5 Å². The molecule has 0 bridgehead atoms. The molecule has 198 valence electrons. The molecule has 3 heterocycles. The van der Waals surface area contributed by atoms with Crippen molar-refractivity contribution < 1.29 is 28.3 Å². The maximum atomic E-state index is 13.2. The van der Waals surface area contributed by atoms with Crippen LogP contribution in [0.3, 0.4) is 0 Å². The third-order valence-electron chi connectivity index (χ3n) is 9.13. The van der Waals surface area contributed by atoms with Crippen LogP contribution in [0.15, 0.2) is 24.3 Å². The summed E-state index contributed by atoms with van der Waals surface area (Å²) in [6.07, 6.45) is 3.70. The first kappa shape index (κ1) is 26.0. The largest absolute Gasteiger partial charge is 0.494 e. The molecular formula is C28H42BNO6. The number of benzene rings is 1. The SMILES string of the molecule is C[C@@H](c1ccc(B2OC(C)(C)C(C)(C)O2)cc1)N1CCC2(CCC3(CC2)OCC(C)(C)CO3)OC1=O. The van der Waals surface area contributed by atoms with Crippen LogP contribution in [0.4, 0.5) is 4.79 Å². The fraction of sp³-hybridized carbons (Fsp3) is 0.750. The van der Waals surface area contributed by atoms with Crippen LogP contribution in [-0.4, -0.2) is 60.5 Å². The lowest BCUT2D eigenvalue weighted by Crippen LogP contribution is -2.56. The number of carbonyl (C=O) groups excluding carboxylic acids is 1. The van der Waals surface area contributed by atoms with Crippen LogP contribution < -0.4 is 5.46 Å². The molecule has 0 radical (unpaired) electrons. The summed E-state index contributed by atoms with van der Waals surface area (Å²) in [5, 5.41) is 0. The van der Waals surface area contributed by atoms with E-state index in [2.05, 4.69) is 60.6 Å². The van der Waals surface area contributed by atoms with Gasteiger partial charge in [0, 0.05) is 31.2 Å². The highest BCUT2D eigenvalue weighted by atomic mass is 16.7. The van der Waals surface area contributed by atoms with Crippen molar-refractivity contribution in [1.82, 2.24) is 4.90 Å². The number of rotatable bonds is 3.